The molecule has 0 spiro atoms. The van der Waals surface area contributed by atoms with E-state index in [0.717, 1.165) is 23.9 Å². The highest BCUT2D eigenvalue weighted by Crippen LogP contribution is 2.36. The molecule has 2 unspecified atom stereocenters. The SMILES string of the molecule is C1CCC(N2CCN(C3C4CCCC3CNC4)CC2)CC1. The molecule has 3 heteroatoms. The summed E-state index contributed by atoms with van der Waals surface area (Å²) in [4.78, 5) is 5.71. The average molecular weight is 291 g/mol. The van der Waals surface area contributed by atoms with Crippen molar-refractivity contribution in [1.29, 1.82) is 0 Å². The summed E-state index contributed by atoms with van der Waals surface area (Å²) in [6.07, 6.45) is 11.8. The first kappa shape index (κ1) is 14.5. The Morgan fingerprint density at radius 2 is 1.24 bits per heavy atom. The second-order valence-electron chi connectivity index (χ2n) is 7.96. The number of nitrogens with zero attached hydrogens (tertiary/aromatic N) is 2. The van der Waals surface area contributed by atoms with E-state index >= 15 is 0 Å². The predicted octanol–water partition coefficient (Wildman–Crippen LogP) is 2.32. The Hall–Kier alpha value is -0.120. The molecule has 2 saturated carbocycles. The van der Waals surface area contributed by atoms with Crippen molar-refractivity contribution in [2.75, 3.05) is 39.3 Å². The lowest BCUT2D eigenvalue weighted by Crippen LogP contribution is -2.61. The Labute approximate surface area is 130 Å². The van der Waals surface area contributed by atoms with Gasteiger partial charge in [-0.2, -0.15) is 0 Å². The molecule has 4 aliphatic rings. The van der Waals surface area contributed by atoms with E-state index in [1.54, 1.807) is 0 Å². The lowest BCUT2D eigenvalue weighted by Gasteiger charge is -2.51. The minimum absolute atomic E-state index is 0.911. The molecule has 4 rings (SSSR count). The fraction of sp³-hybridized carbons (Fsp3) is 1.00. The van der Waals surface area contributed by atoms with Crippen LogP contribution < -0.4 is 5.32 Å². The first-order valence-corrected chi connectivity index (χ1v) is 9.60. The van der Waals surface area contributed by atoms with E-state index in [4.69, 9.17) is 0 Å². The van der Waals surface area contributed by atoms with Crippen molar-refractivity contribution >= 4 is 0 Å². The van der Waals surface area contributed by atoms with Gasteiger partial charge >= 0.3 is 0 Å². The Morgan fingerprint density at radius 1 is 0.619 bits per heavy atom. The fourth-order valence-electron chi connectivity index (χ4n) is 5.71. The zero-order chi connectivity index (χ0) is 14.1. The first-order valence-electron chi connectivity index (χ1n) is 9.60. The van der Waals surface area contributed by atoms with E-state index < -0.39 is 0 Å². The Balaban J connectivity index is 1.34. The van der Waals surface area contributed by atoms with Crippen LogP contribution in [0.3, 0.4) is 0 Å². The third kappa shape index (κ3) is 3.02. The molecular formula is C18H33N3. The molecule has 2 aliphatic carbocycles. The van der Waals surface area contributed by atoms with Crippen molar-refractivity contribution in [3.05, 3.63) is 0 Å². The predicted molar refractivity (Wildman–Crippen MR) is 87.5 cm³/mol. The third-order valence-corrected chi connectivity index (χ3v) is 6.79. The highest BCUT2D eigenvalue weighted by molar-refractivity contribution is 4.96. The van der Waals surface area contributed by atoms with Gasteiger partial charge in [0.15, 0.2) is 0 Å². The molecule has 0 radical (unpaired) electrons. The fourth-order valence-corrected chi connectivity index (χ4v) is 5.71. The summed E-state index contributed by atoms with van der Waals surface area (Å²) in [5.41, 5.74) is 0. The topological polar surface area (TPSA) is 18.5 Å². The van der Waals surface area contributed by atoms with Gasteiger partial charge in [-0.25, -0.2) is 0 Å². The summed E-state index contributed by atoms with van der Waals surface area (Å²) in [5, 5.41) is 3.68. The Bertz CT molecular complexity index is 309. The minimum atomic E-state index is 0.911. The van der Waals surface area contributed by atoms with Gasteiger partial charge in [-0.1, -0.05) is 25.7 Å². The number of rotatable bonds is 2. The second-order valence-corrected chi connectivity index (χ2v) is 7.96. The second kappa shape index (κ2) is 6.55. The zero-order valence-corrected chi connectivity index (χ0v) is 13.6. The monoisotopic (exact) mass is 291 g/mol. The average Bonchev–Trinajstić information content (AvgIpc) is 2.55. The number of nitrogens with one attached hydrogen (secondary N) is 1. The number of piperidine rings is 1. The molecule has 1 N–H and O–H groups in total. The summed E-state index contributed by atoms with van der Waals surface area (Å²) in [7, 11) is 0. The molecule has 2 heterocycles. The summed E-state index contributed by atoms with van der Waals surface area (Å²) in [6, 6.07) is 1.84. The summed E-state index contributed by atoms with van der Waals surface area (Å²) >= 11 is 0. The molecule has 3 nitrogen and oxygen atoms in total. The number of hydrogen-bond donors (Lipinski definition) is 1. The zero-order valence-electron chi connectivity index (χ0n) is 13.6. The van der Waals surface area contributed by atoms with E-state index in [2.05, 4.69) is 15.1 Å². The van der Waals surface area contributed by atoms with Crippen molar-refractivity contribution in [3.8, 4) is 0 Å². The van der Waals surface area contributed by atoms with Crippen LogP contribution in [-0.4, -0.2) is 61.2 Å². The van der Waals surface area contributed by atoms with Crippen LogP contribution in [-0.2, 0) is 0 Å². The van der Waals surface area contributed by atoms with Crippen LogP contribution in [0.25, 0.3) is 0 Å². The quantitative estimate of drug-likeness (QED) is 0.842. The molecule has 0 aromatic carbocycles. The Kier molecular flexibility index (Phi) is 4.52. The minimum Gasteiger partial charge on any atom is -0.316 e. The van der Waals surface area contributed by atoms with Gasteiger partial charge in [0, 0.05) is 38.3 Å². The van der Waals surface area contributed by atoms with Crippen LogP contribution in [0.1, 0.15) is 51.4 Å². The lowest BCUT2D eigenvalue weighted by atomic mass is 9.73. The molecule has 4 fully saturated rings. The third-order valence-electron chi connectivity index (χ3n) is 6.79. The number of hydrogen-bond acceptors (Lipinski definition) is 3. The molecule has 120 valence electrons. The maximum absolute atomic E-state index is 3.68. The first-order chi connectivity index (χ1) is 10.4. The summed E-state index contributed by atoms with van der Waals surface area (Å²) in [6.45, 7) is 7.93. The largest absolute Gasteiger partial charge is 0.316 e. The maximum Gasteiger partial charge on any atom is 0.0177 e. The molecule has 21 heavy (non-hydrogen) atoms. The molecule has 2 bridgehead atoms. The van der Waals surface area contributed by atoms with Crippen molar-refractivity contribution in [2.24, 2.45) is 11.8 Å². The van der Waals surface area contributed by atoms with Crippen molar-refractivity contribution in [3.63, 3.8) is 0 Å². The molecule has 2 atom stereocenters. The number of piperazine rings is 1. The van der Waals surface area contributed by atoms with Gasteiger partial charge < -0.3 is 5.32 Å². The van der Waals surface area contributed by atoms with Crippen LogP contribution in [0.15, 0.2) is 0 Å². The van der Waals surface area contributed by atoms with Crippen LogP contribution in [0, 0.1) is 11.8 Å². The van der Waals surface area contributed by atoms with Crippen LogP contribution in [0.5, 0.6) is 0 Å². The summed E-state index contributed by atoms with van der Waals surface area (Å²) in [5.74, 6) is 1.89. The molecule has 2 saturated heterocycles. The standard InChI is InChI=1S/C18H33N3/c1-2-7-17(8-3-1)20-9-11-21(12-10-20)18-15-5-4-6-16(18)14-19-13-15/h15-19H,1-14H2. The normalized spacial score (nSPS) is 40.3. The lowest BCUT2D eigenvalue weighted by molar-refractivity contribution is -0.0111. The maximum atomic E-state index is 3.68. The summed E-state index contributed by atoms with van der Waals surface area (Å²) < 4.78 is 0. The van der Waals surface area contributed by atoms with Gasteiger partial charge in [0.05, 0.1) is 0 Å². The number of fused-ring (bicyclic) bond motifs is 2. The molecule has 2 aliphatic heterocycles. The van der Waals surface area contributed by atoms with Gasteiger partial charge in [0.2, 0.25) is 0 Å². The van der Waals surface area contributed by atoms with E-state index in [1.807, 2.05) is 0 Å². The highest BCUT2D eigenvalue weighted by Gasteiger charge is 2.40. The van der Waals surface area contributed by atoms with E-state index in [0.29, 0.717) is 0 Å². The molecular weight excluding hydrogens is 258 g/mol. The van der Waals surface area contributed by atoms with E-state index in [9.17, 15) is 0 Å². The van der Waals surface area contributed by atoms with E-state index in [1.165, 1.54) is 90.6 Å². The van der Waals surface area contributed by atoms with E-state index in [-0.39, 0.29) is 0 Å². The van der Waals surface area contributed by atoms with Gasteiger partial charge in [-0.15, -0.1) is 0 Å². The van der Waals surface area contributed by atoms with Gasteiger partial charge in [-0.3, -0.25) is 9.80 Å². The van der Waals surface area contributed by atoms with Crippen LogP contribution in [0.4, 0.5) is 0 Å². The molecule has 0 amide bonds. The van der Waals surface area contributed by atoms with Gasteiger partial charge in [-0.05, 0) is 50.6 Å². The van der Waals surface area contributed by atoms with Crippen LogP contribution in [0.2, 0.25) is 0 Å². The van der Waals surface area contributed by atoms with Crippen molar-refractivity contribution in [1.82, 2.24) is 15.1 Å². The van der Waals surface area contributed by atoms with Crippen molar-refractivity contribution in [2.45, 2.75) is 63.5 Å². The van der Waals surface area contributed by atoms with Gasteiger partial charge in [0.1, 0.15) is 0 Å². The van der Waals surface area contributed by atoms with Gasteiger partial charge in [0.25, 0.3) is 0 Å². The molecule has 0 aromatic rings. The van der Waals surface area contributed by atoms with Crippen molar-refractivity contribution < 1.29 is 0 Å². The highest BCUT2D eigenvalue weighted by atomic mass is 15.3. The molecule has 0 aromatic heterocycles. The smallest absolute Gasteiger partial charge is 0.0177 e. The Morgan fingerprint density at radius 3 is 1.90 bits per heavy atom. The van der Waals surface area contributed by atoms with Crippen LogP contribution >= 0.6 is 0 Å².